The Labute approximate surface area is 111 Å². The van der Waals surface area contributed by atoms with Gasteiger partial charge in [0.25, 0.3) is 12.4 Å². The van der Waals surface area contributed by atoms with Crippen molar-refractivity contribution < 1.29 is 22.3 Å². The van der Waals surface area contributed by atoms with Crippen molar-refractivity contribution >= 4 is 11.7 Å². The zero-order valence-electron chi connectivity index (χ0n) is 10.1. The third-order valence-corrected chi connectivity index (χ3v) is 3.68. The van der Waals surface area contributed by atoms with Crippen molar-refractivity contribution in [3.05, 3.63) is 29.3 Å². The van der Waals surface area contributed by atoms with Crippen molar-refractivity contribution in [1.29, 1.82) is 0 Å². The molecule has 108 valence electrons. The van der Waals surface area contributed by atoms with Crippen LogP contribution in [0.4, 0.5) is 23.2 Å². The summed E-state index contributed by atoms with van der Waals surface area (Å²) in [6.07, 6.45) is -3.36. The lowest BCUT2D eigenvalue weighted by Gasteiger charge is -2.33. The zero-order valence-corrected chi connectivity index (χ0v) is 10.1. The van der Waals surface area contributed by atoms with E-state index >= 15 is 0 Å². The Bertz CT molecular complexity index is 607. The average molecular weight is 289 g/mol. The second kappa shape index (κ2) is 4.00. The largest absolute Gasteiger partial charge is 0.462 e. The standard InChI is InChI=1S/C12H11F4N3O/c13-7-2-4(17)1-6(9(7)14)12(10(15)16)5-3-8(5)20-11(18)19-12/h1-2,5,8,10H,3,17H2,(H2,18,19). The first kappa shape index (κ1) is 13.0. The molecular weight excluding hydrogens is 278 g/mol. The van der Waals surface area contributed by atoms with Gasteiger partial charge in [-0.25, -0.2) is 22.6 Å². The van der Waals surface area contributed by atoms with Gasteiger partial charge >= 0.3 is 0 Å². The molecular formula is C12H11F4N3O. The van der Waals surface area contributed by atoms with E-state index in [1.54, 1.807) is 0 Å². The van der Waals surface area contributed by atoms with Gasteiger partial charge in [0.15, 0.2) is 17.2 Å². The second-order valence-corrected chi connectivity index (χ2v) is 4.94. The number of benzene rings is 1. The molecule has 20 heavy (non-hydrogen) atoms. The Kier molecular flexibility index (Phi) is 2.60. The summed E-state index contributed by atoms with van der Waals surface area (Å²) >= 11 is 0. The number of aliphatic imine (C=N–C) groups is 1. The molecule has 1 fully saturated rings. The molecule has 4 nitrogen and oxygen atoms in total. The number of amidine groups is 1. The molecule has 0 bridgehead atoms. The topological polar surface area (TPSA) is 73.6 Å². The first-order valence-corrected chi connectivity index (χ1v) is 5.91. The highest BCUT2D eigenvalue weighted by atomic mass is 19.3. The average Bonchev–Trinajstić information content (AvgIpc) is 3.11. The van der Waals surface area contributed by atoms with Crippen LogP contribution in [0.2, 0.25) is 0 Å². The van der Waals surface area contributed by atoms with Gasteiger partial charge in [-0.15, -0.1) is 0 Å². The Morgan fingerprint density at radius 1 is 1.30 bits per heavy atom. The number of hydrogen-bond donors (Lipinski definition) is 2. The van der Waals surface area contributed by atoms with Gasteiger partial charge in [0, 0.05) is 17.2 Å². The van der Waals surface area contributed by atoms with Crippen molar-refractivity contribution in [1.82, 2.24) is 0 Å². The predicted molar refractivity (Wildman–Crippen MR) is 63.1 cm³/mol. The quantitative estimate of drug-likeness (QED) is 0.643. The summed E-state index contributed by atoms with van der Waals surface area (Å²) in [5, 5.41) is 0. The highest BCUT2D eigenvalue weighted by Gasteiger charge is 2.64. The molecule has 3 unspecified atom stereocenters. The molecule has 8 heteroatoms. The maximum Gasteiger partial charge on any atom is 0.283 e. The monoisotopic (exact) mass is 289 g/mol. The molecule has 0 radical (unpaired) electrons. The van der Waals surface area contributed by atoms with Crippen molar-refractivity contribution in [3.8, 4) is 0 Å². The molecule has 1 aliphatic carbocycles. The first-order chi connectivity index (χ1) is 9.36. The summed E-state index contributed by atoms with van der Waals surface area (Å²) in [4.78, 5) is 3.61. The summed E-state index contributed by atoms with van der Waals surface area (Å²) in [5.41, 5.74) is 7.82. The molecule has 1 saturated carbocycles. The summed E-state index contributed by atoms with van der Waals surface area (Å²) in [5.74, 6) is -3.42. The third-order valence-electron chi connectivity index (χ3n) is 3.68. The Morgan fingerprint density at radius 2 is 2.00 bits per heavy atom. The van der Waals surface area contributed by atoms with E-state index < -0.39 is 47.2 Å². The fourth-order valence-electron chi connectivity index (χ4n) is 2.70. The van der Waals surface area contributed by atoms with Gasteiger partial charge in [0.2, 0.25) is 0 Å². The fourth-order valence-corrected chi connectivity index (χ4v) is 2.70. The lowest BCUT2D eigenvalue weighted by Crippen LogP contribution is -2.43. The van der Waals surface area contributed by atoms with E-state index in [0.717, 1.165) is 12.1 Å². The maximum absolute atomic E-state index is 14.0. The number of nitrogens with two attached hydrogens (primary N) is 2. The minimum absolute atomic E-state index is 0.156. The highest BCUT2D eigenvalue weighted by molar-refractivity contribution is 5.74. The molecule has 1 aromatic rings. The molecule has 1 aliphatic heterocycles. The Morgan fingerprint density at radius 3 is 2.65 bits per heavy atom. The Balaban J connectivity index is 2.25. The molecule has 4 N–H and O–H groups in total. The van der Waals surface area contributed by atoms with E-state index in [1.165, 1.54) is 0 Å². The summed E-state index contributed by atoms with van der Waals surface area (Å²) in [7, 11) is 0. The van der Waals surface area contributed by atoms with Crippen LogP contribution in [0.1, 0.15) is 12.0 Å². The van der Waals surface area contributed by atoms with Crippen LogP contribution in [-0.4, -0.2) is 18.6 Å². The predicted octanol–water partition coefficient (Wildman–Crippen LogP) is 1.74. The number of fused-ring (bicyclic) bond motifs is 1. The van der Waals surface area contributed by atoms with Crippen LogP contribution < -0.4 is 11.5 Å². The number of alkyl halides is 2. The Hall–Kier alpha value is -1.99. The van der Waals surface area contributed by atoms with Crippen molar-refractivity contribution in [3.63, 3.8) is 0 Å². The summed E-state index contributed by atoms with van der Waals surface area (Å²) in [6.45, 7) is 0. The van der Waals surface area contributed by atoms with Crippen LogP contribution in [0.25, 0.3) is 0 Å². The molecule has 2 aliphatic rings. The fraction of sp³-hybridized carbons (Fsp3) is 0.417. The molecule has 0 amide bonds. The van der Waals surface area contributed by atoms with E-state index in [1.807, 2.05) is 0 Å². The highest BCUT2D eigenvalue weighted by Crippen LogP contribution is 2.56. The number of nitrogens with zero attached hydrogens (tertiary/aromatic N) is 1. The molecule has 1 heterocycles. The first-order valence-electron chi connectivity index (χ1n) is 5.91. The molecule has 3 atom stereocenters. The van der Waals surface area contributed by atoms with E-state index in [9.17, 15) is 17.6 Å². The van der Waals surface area contributed by atoms with Gasteiger partial charge in [-0.2, -0.15) is 0 Å². The summed E-state index contributed by atoms with van der Waals surface area (Å²) < 4.78 is 59.7. The number of anilines is 1. The van der Waals surface area contributed by atoms with E-state index in [4.69, 9.17) is 16.2 Å². The maximum atomic E-state index is 14.0. The normalized spacial score (nSPS) is 31.6. The molecule has 3 rings (SSSR count). The van der Waals surface area contributed by atoms with E-state index in [-0.39, 0.29) is 12.1 Å². The number of rotatable bonds is 2. The SMILES string of the molecule is NC1=NC(c2cc(N)cc(F)c2F)(C(F)F)C2CC2O1. The number of halogens is 4. The van der Waals surface area contributed by atoms with Gasteiger partial charge in [-0.1, -0.05) is 0 Å². The molecule has 1 aromatic carbocycles. The molecule has 0 saturated heterocycles. The number of hydrogen-bond acceptors (Lipinski definition) is 4. The third kappa shape index (κ3) is 1.63. The van der Waals surface area contributed by atoms with Crippen molar-refractivity contribution in [2.75, 3.05) is 5.73 Å². The van der Waals surface area contributed by atoms with E-state index in [2.05, 4.69) is 4.99 Å². The van der Waals surface area contributed by atoms with Gasteiger partial charge in [-0.05, 0) is 18.6 Å². The minimum Gasteiger partial charge on any atom is -0.462 e. The van der Waals surface area contributed by atoms with Crippen LogP contribution in [0, 0.1) is 17.6 Å². The van der Waals surface area contributed by atoms with E-state index in [0.29, 0.717) is 0 Å². The second-order valence-electron chi connectivity index (χ2n) is 4.94. The smallest absolute Gasteiger partial charge is 0.283 e. The van der Waals surface area contributed by atoms with Gasteiger partial charge in [-0.3, -0.25) is 0 Å². The van der Waals surface area contributed by atoms with Crippen molar-refractivity contribution in [2.45, 2.75) is 24.5 Å². The lowest BCUT2D eigenvalue weighted by atomic mass is 9.84. The lowest BCUT2D eigenvalue weighted by molar-refractivity contribution is 0.0173. The summed E-state index contributed by atoms with van der Waals surface area (Å²) in [6, 6.07) is 1.25. The van der Waals surface area contributed by atoms with Crippen molar-refractivity contribution in [2.24, 2.45) is 16.6 Å². The zero-order chi connectivity index (χ0) is 14.7. The minimum atomic E-state index is -3.06. The van der Waals surface area contributed by atoms with Crippen LogP contribution in [0.15, 0.2) is 17.1 Å². The van der Waals surface area contributed by atoms with Crippen LogP contribution in [-0.2, 0) is 10.3 Å². The van der Waals surface area contributed by atoms with Crippen LogP contribution >= 0.6 is 0 Å². The van der Waals surface area contributed by atoms with Crippen LogP contribution in [0.5, 0.6) is 0 Å². The van der Waals surface area contributed by atoms with Crippen LogP contribution in [0.3, 0.4) is 0 Å². The number of ether oxygens (including phenoxy) is 1. The molecule has 0 aromatic heterocycles. The number of nitrogen functional groups attached to an aromatic ring is 1. The molecule has 0 spiro atoms. The van der Waals surface area contributed by atoms with Gasteiger partial charge in [0.05, 0.1) is 0 Å². The van der Waals surface area contributed by atoms with Gasteiger partial charge < -0.3 is 16.2 Å². The van der Waals surface area contributed by atoms with Gasteiger partial charge in [0.1, 0.15) is 6.10 Å².